The van der Waals surface area contributed by atoms with Crippen LogP contribution in [0.4, 0.5) is 0 Å². The monoisotopic (exact) mass is 304 g/mol. The molecule has 21 heavy (non-hydrogen) atoms. The summed E-state index contributed by atoms with van der Waals surface area (Å²) in [5.74, 6) is 1.29. The minimum absolute atomic E-state index is 0.117. The molecule has 2 aromatic carbocycles. The molecule has 0 unspecified atom stereocenters. The Hall–Kier alpha value is -2.00. The average Bonchev–Trinajstić information content (AvgIpc) is 2.49. The molecule has 0 atom stereocenters. The summed E-state index contributed by atoms with van der Waals surface area (Å²) in [6.45, 7) is 4.39. The molecule has 0 heterocycles. The van der Waals surface area contributed by atoms with Crippen LogP contribution in [0.15, 0.2) is 36.4 Å². The molecular weight excluding hydrogens is 288 g/mol. The van der Waals surface area contributed by atoms with Gasteiger partial charge in [-0.1, -0.05) is 11.6 Å². The lowest BCUT2D eigenvalue weighted by atomic mass is 10.0. The number of methoxy groups -OCH3 is 1. The number of carbonyl (C=O) groups excluding carboxylic acids is 1. The van der Waals surface area contributed by atoms with Gasteiger partial charge in [0.1, 0.15) is 11.5 Å². The second-order valence-corrected chi connectivity index (χ2v) is 5.00. The number of rotatable bonds is 5. The van der Waals surface area contributed by atoms with Crippen molar-refractivity contribution in [2.24, 2.45) is 0 Å². The highest BCUT2D eigenvalue weighted by molar-refractivity contribution is 6.35. The molecule has 4 heteroatoms. The molecule has 2 rings (SSSR count). The van der Waals surface area contributed by atoms with E-state index in [1.807, 2.05) is 13.8 Å². The van der Waals surface area contributed by atoms with Crippen LogP contribution in [-0.2, 0) is 0 Å². The molecule has 0 aliphatic rings. The van der Waals surface area contributed by atoms with E-state index in [1.54, 1.807) is 43.5 Å². The van der Waals surface area contributed by atoms with Crippen LogP contribution in [0.25, 0.3) is 0 Å². The van der Waals surface area contributed by atoms with E-state index in [2.05, 4.69) is 0 Å². The Labute approximate surface area is 129 Å². The van der Waals surface area contributed by atoms with Crippen LogP contribution in [0.2, 0.25) is 5.02 Å². The summed E-state index contributed by atoms with van der Waals surface area (Å²) >= 11 is 6.18. The van der Waals surface area contributed by atoms with Crippen molar-refractivity contribution in [3.8, 4) is 11.5 Å². The van der Waals surface area contributed by atoms with Crippen LogP contribution in [0.5, 0.6) is 11.5 Å². The standard InChI is InChI=1S/C17H17ClO3/c1-4-21-13-7-5-12(6-8-13)17(19)14-9-11(2)16(20-3)10-15(14)18/h5-10H,4H2,1-3H3. The van der Waals surface area contributed by atoms with Crippen LogP contribution in [0, 0.1) is 6.92 Å². The molecule has 110 valence electrons. The summed E-state index contributed by atoms with van der Waals surface area (Å²) in [6, 6.07) is 10.5. The maximum absolute atomic E-state index is 12.5. The second kappa shape index (κ2) is 6.64. The Kier molecular flexibility index (Phi) is 4.86. The quantitative estimate of drug-likeness (QED) is 0.773. The lowest BCUT2D eigenvalue weighted by Gasteiger charge is -2.10. The van der Waals surface area contributed by atoms with Gasteiger partial charge in [0, 0.05) is 11.1 Å². The van der Waals surface area contributed by atoms with Crippen molar-refractivity contribution in [3.05, 3.63) is 58.1 Å². The number of hydrogen-bond donors (Lipinski definition) is 0. The first-order chi connectivity index (χ1) is 10.1. The van der Waals surface area contributed by atoms with Crippen LogP contribution in [-0.4, -0.2) is 19.5 Å². The molecule has 0 saturated heterocycles. The predicted molar refractivity (Wildman–Crippen MR) is 83.8 cm³/mol. The molecule has 0 aliphatic heterocycles. The number of hydrogen-bond acceptors (Lipinski definition) is 3. The van der Waals surface area contributed by atoms with E-state index in [0.717, 1.165) is 11.3 Å². The van der Waals surface area contributed by atoms with Crippen molar-refractivity contribution in [2.75, 3.05) is 13.7 Å². The minimum atomic E-state index is -0.117. The predicted octanol–water partition coefficient (Wildman–Crippen LogP) is 4.29. The van der Waals surface area contributed by atoms with Gasteiger partial charge in [-0.15, -0.1) is 0 Å². The number of ketones is 1. The smallest absolute Gasteiger partial charge is 0.194 e. The molecular formula is C17H17ClO3. The van der Waals surface area contributed by atoms with Crippen molar-refractivity contribution < 1.29 is 14.3 Å². The Morgan fingerprint density at radius 1 is 1.19 bits per heavy atom. The van der Waals surface area contributed by atoms with E-state index in [-0.39, 0.29) is 5.78 Å². The molecule has 0 aliphatic carbocycles. The van der Waals surface area contributed by atoms with Gasteiger partial charge >= 0.3 is 0 Å². The Balaban J connectivity index is 2.33. The highest BCUT2D eigenvalue weighted by atomic mass is 35.5. The number of aryl methyl sites for hydroxylation is 1. The number of halogens is 1. The van der Waals surface area contributed by atoms with E-state index in [4.69, 9.17) is 21.1 Å². The largest absolute Gasteiger partial charge is 0.496 e. The highest BCUT2D eigenvalue weighted by Gasteiger charge is 2.15. The van der Waals surface area contributed by atoms with Crippen molar-refractivity contribution in [1.82, 2.24) is 0 Å². The zero-order valence-corrected chi connectivity index (χ0v) is 13.0. The second-order valence-electron chi connectivity index (χ2n) is 4.59. The molecule has 0 fully saturated rings. The topological polar surface area (TPSA) is 35.5 Å². The van der Waals surface area contributed by atoms with E-state index in [9.17, 15) is 4.79 Å². The summed E-state index contributed by atoms with van der Waals surface area (Å²) in [5, 5.41) is 0.385. The van der Waals surface area contributed by atoms with Gasteiger partial charge in [0.25, 0.3) is 0 Å². The summed E-state index contributed by atoms with van der Waals surface area (Å²) < 4.78 is 10.6. The van der Waals surface area contributed by atoms with Crippen molar-refractivity contribution in [1.29, 1.82) is 0 Å². The number of benzene rings is 2. The molecule has 3 nitrogen and oxygen atoms in total. The molecule has 0 radical (unpaired) electrons. The molecule has 0 aromatic heterocycles. The van der Waals surface area contributed by atoms with Crippen molar-refractivity contribution in [2.45, 2.75) is 13.8 Å². The van der Waals surface area contributed by atoms with Gasteiger partial charge in [-0.2, -0.15) is 0 Å². The maximum Gasteiger partial charge on any atom is 0.194 e. The molecule has 0 spiro atoms. The molecule has 0 amide bonds. The first-order valence-electron chi connectivity index (χ1n) is 6.68. The highest BCUT2D eigenvalue weighted by Crippen LogP contribution is 2.28. The van der Waals surface area contributed by atoms with Crippen molar-refractivity contribution in [3.63, 3.8) is 0 Å². The van der Waals surface area contributed by atoms with Gasteiger partial charge in [-0.25, -0.2) is 0 Å². The molecule has 0 saturated carbocycles. The van der Waals surface area contributed by atoms with Gasteiger partial charge in [0.2, 0.25) is 0 Å². The van der Waals surface area contributed by atoms with Gasteiger partial charge < -0.3 is 9.47 Å². The first-order valence-corrected chi connectivity index (χ1v) is 7.06. The van der Waals surface area contributed by atoms with E-state index in [0.29, 0.717) is 28.5 Å². The lowest BCUT2D eigenvalue weighted by Crippen LogP contribution is -2.04. The van der Waals surface area contributed by atoms with Crippen LogP contribution < -0.4 is 9.47 Å². The molecule has 0 bridgehead atoms. The third kappa shape index (κ3) is 3.37. The summed E-state index contributed by atoms with van der Waals surface area (Å²) in [4.78, 5) is 12.5. The average molecular weight is 305 g/mol. The van der Waals surface area contributed by atoms with Crippen LogP contribution in [0.3, 0.4) is 0 Å². The fourth-order valence-electron chi connectivity index (χ4n) is 2.08. The van der Waals surface area contributed by atoms with Crippen LogP contribution in [0.1, 0.15) is 28.4 Å². The van der Waals surface area contributed by atoms with E-state index >= 15 is 0 Å². The third-order valence-corrected chi connectivity index (χ3v) is 3.47. The zero-order valence-electron chi connectivity index (χ0n) is 12.3. The SMILES string of the molecule is CCOc1ccc(C(=O)c2cc(C)c(OC)cc2Cl)cc1. The Morgan fingerprint density at radius 2 is 1.86 bits per heavy atom. The van der Waals surface area contributed by atoms with Crippen LogP contribution >= 0.6 is 11.6 Å². The Morgan fingerprint density at radius 3 is 2.43 bits per heavy atom. The van der Waals surface area contributed by atoms with Gasteiger partial charge in [0.15, 0.2) is 5.78 Å². The summed E-state index contributed by atoms with van der Waals surface area (Å²) in [5.41, 5.74) is 1.92. The number of ether oxygens (including phenoxy) is 2. The fourth-order valence-corrected chi connectivity index (χ4v) is 2.32. The zero-order chi connectivity index (χ0) is 15.4. The Bertz CT molecular complexity index is 648. The van der Waals surface area contributed by atoms with E-state index in [1.165, 1.54) is 0 Å². The normalized spacial score (nSPS) is 10.3. The van der Waals surface area contributed by atoms with Gasteiger partial charge in [-0.3, -0.25) is 4.79 Å². The fraction of sp³-hybridized carbons (Fsp3) is 0.235. The van der Waals surface area contributed by atoms with Crippen molar-refractivity contribution >= 4 is 17.4 Å². The lowest BCUT2D eigenvalue weighted by molar-refractivity contribution is 0.103. The third-order valence-electron chi connectivity index (χ3n) is 3.16. The first kappa shape index (κ1) is 15.4. The molecule has 0 N–H and O–H groups in total. The van der Waals surface area contributed by atoms with Gasteiger partial charge in [0.05, 0.1) is 18.7 Å². The van der Waals surface area contributed by atoms with Gasteiger partial charge in [-0.05, 0) is 55.8 Å². The van der Waals surface area contributed by atoms with E-state index < -0.39 is 0 Å². The molecule has 2 aromatic rings. The minimum Gasteiger partial charge on any atom is -0.496 e. The summed E-state index contributed by atoms with van der Waals surface area (Å²) in [6.07, 6.45) is 0. The summed E-state index contributed by atoms with van der Waals surface area (Å²) in [7, 11) is 1.58. The maximum atomic E-state index is 12.5. The number of carbonyl (C=O) groups is 1.